The molecule has 1 saturated carbocycles. The number of amides is 1. The Bertz CT molecular complexity index is 1390. The number of benzene rings is 3. The van der Waals surface area contributed by atoms with Crippen LogP contribution in [0.2, 0.25) is 0 Å². The highest BCUT2D eigenvalue weighted by Crippen LogP contribution is 2.51. The summed E-state index contributed by atoms with van der Waals surface area (Å²) in [7, 11) is -2.12. The molecule has 2 aliphatic rings. The predicted molar refractivity (Wildman–Crippen MR) is 134 cm³/mol. The Hall–Kier alpha value is -3.36. The topological polar surface area (TPSA) is 93.7 Å². The summed E-state index contributed by atoms with van der Waals surface area (Å²) in [5.74, 6) is 1.58. The van der Waals surface area contributed by atoms with E-state index in [0.29, 0.717) is 17.2 Å². The zero-order valence-electron chi connectivity index (χ0n) is 19.9. The number of carbonyl (C=O) groups excluding carboxylic acids is 1. The maximum Gasteiger partial charge on any atom is 0.240 e. The molecule has 1 amide bonds. The van der Waals surface area contributed by atoms with Crippen LogP contribution >= 0.6 is 0 Å². The van der Waals surface area contributed by atoms with Gasteiger partial charge in [0.25, 0.3) is 0 Å². The number of sulfonamides is 1. The molecule has 0 aromatic heterocycles. The second kappa shape index (κ2) is 8.70. The summed E-state index contributed by atoms with van der Waals surface area (Å²) in [5.41, 5.74) is 4.02. The Morgan fingerprint density at radius 2 is 1.66 bits per heavy atom. The van der Waals surface area contributed by atoms with Crippen LogP contribution in [0, 0.1) is 0 Å². The van der Waals surface area contributed by atoms with Crippen molar-refractivity contribution < 1.29 is 22.7 Å². The first-order valence-electron chi connectivity index (χ1n) is 11.6. The monoisotopic (exact) mass is 492 g/mol. The van der Waals surface area contributed by atoms with Gasteiger partial charge in [0.15, 0.2) is 11.5 Å². The van der Waals surface area contributed by atoms with Crippen LogP contribution in [0.15, 0.2) is 65.6 Å². The Labute approximate surface area is 205 Å². The average molecular weight is 493 g/mol. The van der Waals surface area contributed by atoms with Crippen LogP contribution in [0.25, 0.3) is 11.1 Å². The number of hydrogen-bond donors (Lipinski definition) is 2. The molecule has 1 aliphatic heterocycles. The van der Waals surface area contributed by atoms with Gasteiger partial charge < -0.3 is 14.8 Å². The highest BCUT2D eigenvalue weighted by atomic mass is 32.2. The highest BCUT2D eigenvalue weighted by Gasteiger charge is 2.51. The lowest BCUT2D eigenvalue weighted by atomic mass is 9.91. The van der Waals surface area contributed by atoms with Crippen LogP contribution < -0.4 is 19.5 Å². The van der Waals surface area contributed by atoms with Crippen molar-refractivity contribution >= 4 is 21.6 Å². The van der Waals surface area contributed by atoms with Crippen LogP contribution in [0.3, 0.4) is 0 Å². The second-order valence-electron chi connectivity index (χ2n) is 9.29. The van der Waals surface area contributed by atoms with Gasteiger partial charge in [0.2, 0.25) is 22.7 Å². The van der Waals surface area contributed by atoms with Gasteiger partial charge >= 0.3 is 0 Å². The Morgan fingerprint density at radius 1 is 0.943 bits per heavy atom. The van der Waals surface area contributed by atoms with E-state index in [4.69, 9.17) is 9.47 Å². The van der Waals surface area contributed by atoms with Gasteiger partial charge in [-0.05, 0) is 84.5 Å². The quantitative estimate of drug-likeness (QED) is 0.495. The van der Waals surface area contributed by atoms with Gasteiger partial charge in [0.05, 0.1) is 10.3 Å². The Morgan fingerprint density at radius 3 is 2.31 bits per heavy atom. The molecule has 2 N–H and O–H groups in total. The minimum absolute atomic E-state index is 0.0462. The zero-order chi connectivity index (χ0) is 24.8. The molecule has 0 radical (unpaired) electrons. The third kappa shape index (κ3) is 4.28. The molecule has 182 valence electrons. The van der Waals surface area contributed by atoms with Gasteiger partial charge in [0, 0.05) is 5.69 Å². The molecular formula is C27H28N2O5S. The number of nitrogens with one attached hydrogen (secondary N) is 2. The SMILES string of the molecule is CNS(=O)(=O)c1ccc(-c2cc(NC(=O)C3(c4ccc5c(c4)OCO5)CC3)ccc2C(C)C)cc1. The molecule has 0 atom stereocenters. The van der Waals surface area contributed by atoms with E-state index < -0.39 is 15.4 Å². The van der Waals surface area contributed by atoms with Gasteiger partial charge in [-0.3, -0.25) is 4.79 Å². The molecule has 35 heavy (non-hydrogen) atoms. The maximum atomic E-state index is 13.4. The van der Waals surface area contributed by atoms with E-state index in [-0.39, 0.29) is 23.5 Å². The minimum Gasteiger partial charge on any atom is -0.454 e. The minimum atomic E-state index is -3.51. The van der Waals surface area contributed by atoms with Gasteiger partial charge in [-0.1, -0.05) is 38.1 Å². The first kappa shape index (κ1) is 23.4. The standard InChI is InChI=1S/C27H28N2O5S/c1-17(2)22-10-7-20(15-23(22)18-4-8-21(9-5-18)35(31,32)28-3)29-26(30)27(12-13-27)19-6-11-24-25(14-19)34-16-33-24/h4-11,14-15,17,28H,12-13,16H2,1-3H3,(H,29,30). The fraction of sp³-hybridized carbons (Fsp3) is 0.296. The molecule has 5 rings (SSSR count). The van der Waals surface area contributed by atoms with Crippen molar-refractivity contribution in [2.24, 2.45) is 0 Å². The van der Waals surface area contributed by atoms with E-state index in [1.54, 1.807) is 24.3 Å². The van der Waals surface area contributed by atoms with Crippen molar-refractivity contribution in [3.63, 3.8) is 0 Å². The lowest BCUT2D eigenvalue weighted by Crippen LogP contribution is -2.27. The van der Waals surface area contributed by atoms with E-state index in [0.717, 1.165) is 35.1 Å². The highest BCUT2D eigenvalue weighted by molar-refractivity contribution is 7.89. The molecule has 0 saturated heterocycles. The van der Waals surface area contributed by atoms with Crippen molar-refractivity contribution in [2.45, 2.75) is 42.9 Å². The Balaban J connectivity index is 1.43. The third-order valence-electron chi connectivity index (χ3n) is 6.79. The summed E-state index contributed by atoms with van der Waals surface area (Å²) in [6.45, 7) is 4.41. The van der Waals surface area contributed by atoms with Crippen LogP contribution in [-0.4, -0.2) is 28.2 Å². The van der Waals surface area contributed by atoms with Gasteiger partial charge in [-0.15, -0.1) is 0 Å². The number of anilines is 1. The van der Waals surface area contributed by atoms with Crippen LogP contribution in [0.1, 0.15) is 43.7 Å². The predicted octanol–water partition coefficient (Wildman–Crippen LogP) is 4.78. The van der Waals surface area contributed by atoms with Crippen LogP contribution in [0.4, 0.5) is 5.69 Å². The fourth-order valence-corrected chi connectivity index (χ4v) is 5.27. The van der Waals surface area contributed by atoms with Crippen LogP contribution in [-0.2, 0) is 20.2 Å². The smallest absolute Gasteiger partial charge is 0.240 e. The summed E-state index contributed by atoms with van der Waals surface area (Å²) in [5, 5.41) is 3.12. The molecule has 1 fully saturated rings. The van der Waals surface area contributed by atoms with E-state index in [2.05, 4.69) is 23.9 Å². The zero-order valence-corrected chi connectivity index (χ0v) is 20.7. The number of hydrogen-bond acceptors (Lipinski definition) is 5. The molecule has 8 heteroatoms. The average Bonchev–Trinajstić information content (AvgIpc) is 3.54. The summed E-state index contributed by atoms with van der Waals surface area (Å²) in [4.78, 5) is 13.6. The van der Waals surface area contributed by atoms with Crippen molar-refractivity contribution in [1.82, 2.24) is 4.72 Å². The Kier molecular flexibility index (Phi) is 5.81. The van der Waals surface area contributed by atoms with Crippen molar-refractivity contribution in [3.8, 4) is 22.6 Å². The van der Waals surface area contributed by atoms with Gasteiger partial charge in [-0.2, -0.15) is 0 Å². The lowest BCUT2D eigenvalue weighted by molar-refractivity contribution is -0.118. The normalized spacial score (nSPS) is 15.8. The number of fused-ring (bicyclic) bond motifs is 1. The summed E-state index contributed by atoms with van der Waals surface area (Å²) < 4.78 is 37.4. The van der Waals surface area contributed by atoms with Crippen molar-refractivity contribution in [2.75, 3.05) is 19.2 Å². The molecule has 0 bridgehead atoms. The lowest BCUT2D eigenvalue weighted by Gasteiger charge is -2.19. The summed E-state index contributed by atoms with van der Waals surface area (Å²) in [6, 6.07) is 18.4. The molecule has 3 aromatic rings. The number of carbonyl (C=O) groups is 1. The molecule has 0 spiro atoms. The van der Waals surface area contributed by atoms with Crippen LogP contribution in [0.5, 0.6) is 11.5 Å². The van der Waals surface area contributed by atoms with E-state index in [1.165, 1.54) is 7.05 Å². The number of ether oxygens (including phenoxy) is 2. The van der Waals surface area contributed by atoms with Crippen molar-refractivity contribution in [1.29, 1.82) is 0 Å². The van der Waals surface area contributed by atoms with E-state index in [9.17, 15) is 13.2 Å². The van der Waals surface area contributed by atoms with Gasteiger partial charge in [0.1, 0.15) is 0 Å². The van der Waals surface area contributed by atoms with Crippen molar-refractivity contribution in [3.05, 3.63) is 71.8 Å². The second-order valence-corrected chi connectivity index (χ2v) is 11.2. The maximum absolute atomic E-state index is 13.4. The molecular weight excluding hydrogens is 464 g/mol. The largest absolute Gasteiger partial charge is 0.454 e. The fourth-order valence-electron chi connectivity index (χ4n) is 4.54. The molecule has 1 aliphatic carbocycles. The first-order valence-corrected chi connectivity index (χ1v) is 13.1. The molecule has 7 nitrogen and oxygen atoms in total. The molecule has 0 unspecified atom stereocenters. The van der Waals surface area contributed by atoms with E-state index in [1.807, 2.05) is 36.4 Å². The first-order chi connectivity index (χ1) is 16.7. The van der Waals surface area contributed by atoms with Gasteiger partial charge in [-0.25, -0.2) is 13.1 Å². The third-order valence-corrected chi connectivity index (χ3v) is 8.22. The van der Waals surface area contributed by atoms with E-state index >= 15 is 0 Å². The summed E-state index contributed by atoms with van der Waals surface area (Å²) in [6.07, 6.45) is 1.55. The summed E-state index contributed by atoms with van der Waals surface area (Å²) >= 11 is 0. The molecule has 1 heterocycles. The molecule has 3 aromatic carbocycles. The number of rotatable bonds is 7.